The maximum atomic E-state index is 12.5. The summed E-state index contributed by atoms with van der Waals surface area (Å²) in [5.41, 5.74) is 3.07. The number of nitrogens with zero attached hydrogens (tertiary/aromatic N) is 3. The van der Waals surface area contributed by atoms with E-state index in [0.29, 0.717) is 18.3 Å². The van der Waals surface area contributed by atoms with Gasteiger partial charge in [0.05, 0.1) is 5.69 Å². The Hall–Kier alpha value is -3.19. The molecule has 156 valence electrons. The van der Waals surface area contributed by atoms with Crippen molar-refractivity contribution in [2.75, 3.05) is 18.1 Å². The van der Waals surface area contributed by atoms with E-state index in [2.05, 4.69) is 25.4 Å². The number of H-pyrrole nitrogens is 1. The van der Waals surface area contributed by atoms with Gasteiger partial charge in [0.2, 0.25) is 0 Å². The van der Waals surface area contributed by atoms with Gasteiger partial charge in [-0.3, -0.25) is 9.89 Å². The number of aliphatic hydroxyl groups is 1. The number of pyridine rings is 1. The van der Waals surface area contributed by atoms with Crippen molar-refractivity contribution in [3.63, 3.8) is 0 Å². The second kappa shape index (κ2) is 9.54. The van der Waals surface area contributed by atoms with Crippen molar-refractivity contribution >= 4 is 11.7 Å². The Bertz CT molecular complexity index is 953. The van der Waals surface area contributed by atoms with Crippen molar-refractivity contribution in [3.05, 3.63) is 66.0 Å². The number of piperidine rings is 1. The molecule has 0 aliphatic carbocycles. The lowest BCUT2D eigenvalue weighted by molar-refractivity contribution is 0.0946. The normalized spacial score (nSPS) is 16.4. The van der Waals surface area contributed by atoms with E-state index in [0.717, 1.165) is 48.4 Å². The van der Waals surface area contributed by atoms with Gasteiger partial charge in [0, 0.05) is 37.5 Å². The topological polar surface area (TPSA) is 94.1 Å². The number of aromatic nitrogens is 3. The molecule has 3 aromatic rings. The lowest BCUT2D eigenvalue weighted by atomic mass is 9.99. The first-order valence-corrected chi connectivity index (χ1v) is 10.5. The number of nitrogens with one attached hydrogen (secondary N) is 2. The zero-order chi connectivity index (χ0) is 20.8. The van der Waals surface area contributed by atoms with Crippen LogP contribution in [0.2, 0.25) is 0 Å². The van der Waals surface area contributed by atoms with E-state index in [1.54, 1.807) is 6.07 Å². The molecule has 1 aliphatic heterocycles. The van der Waals surface area contributed by atoms with Gasteiger partial charge in [-0.25, -0.2) is 4.98 Å². The molecule has 1 atom stereocenters. The van der Waals surface area contributed by atoms with Crippen LogP contribution in [0.5, 0.6) is 0 Å². The first kappa shape index (κ1) is 20.1. The largest absolute Gasteiger partial charge is 0.396 e. The predicted molar refractivity (Wildman–Crippen MR) is 116 cm³/mol. The van der Waals surface area contributed by atoms with Crippen molar-refractivity contribution in [2.24, 2.45) is 0 Å². The molecule has 3 heterocycles. The van der Waals surface area contributed by atoms with E-state index >= 15 is 0 Å². The number of amides is 1. The maximum Gasteiger partial charge on any atom is 0.269 e. The monoisotopic (exact) mass is 405 g/mol. The van der Waals surface area contributed by atoms with Gasteiger partial charge in [0.1, 0.15) is 11.5 Å². The van der Waals surface area contributed by atoms with Crippen LogP contribution in [-0.2, 0) is 6.54 Å². The fraction of sp³-hybridized carbons (Fsp3) is 0.348. The fourth-order valence-corrected chi connectivity index (χ4v) is 3.91. The molecule has 0 bridgehead atoms. The summed E-state index contributed by atoms with van der Waals surface area (Å²) in [6.07, 6.45) is 6.02. The molecule has 1 saturated heterocycles. The summed E-state index contributed by atoms with van der Waals surface area (Å²) in [5.74, 6) is 0.733. The lowest BCUT2D eigenvalue weighted by Gasteiger charge is -2.36. The number of hydrogen-bond donors (Lipinski definition) is 3. The summed E-state index contributed by atoms with van der Waals surface area (Å²) in [6, 6.07) is 15.8. The number of carbonyl (C=O) groups excluding carboxylic acids is 1. The van der Waals surface area contributed by atoms with Crippen LogP contribution in [0.4, 0.5) is 5.82 Å². The molecule has 1 amide bonds. The summed E-state index contributed by atoms with van der Waals surface area (Å²) in [7, 11) is 0. The van der Waals surface area contributed by atoms with Crippen LogP contribution in [0, 0.1) is 0 Å². The van der Waals surface area contributed by atoms with E-state index < -0.39 is 0 Å². The highest BCUT2D eigenvalue weighted by Crippen LogP contribution is 2.25. The van der Waals surface area contributed by atoms with Gasteiger partial charge >= 0.3 is 0 Å². The van der Waals surface area contributed by atoms with E-state index in [9.17, 15) is 9.90 Å². The molecular formula is C23H27N5O2. The first-order valence-electron chi connectivity index (χ1n) is 10.5. The van der Waals surface area contributed by atoms with Crippen LogP contribution >= 0.6 is 0 Å². The molecule has 4 rings (SSSR count). The van der Waals surface area contributed by atoms with Gasteiger partial charge in [0.15, 0.2) is 0 Å². The molecule has 1 fully saturated rings. The second-order valence-electron chi connectivity index (χ2n) is 7.60. The Morgan fingerprint density at radius 1 is 1.20 bits per heavy atom. The second-order valence-corrected chi connectivity index (χ2v) is 7.60. The van der Waals surface area contributed by atoms with Crippen LogP contribution in [0.3, 0.4) is 0 Å². The van der Waals surface area contributed by atoms with Gasteiger partial charge < -0.3 is 15.3 Å². The minimum Gasteiger partial charge on any atom is -0.396 e. The maximum absolute atomic E-state index is 12.5. The molecule has 0 radical (unpaired) electrons. The number of carbonyl (C=O) groups is 1. The lowest BCUT2D eigenvalue weighted by Crippen LogP contribution is -2.40. The molecule has 0 spiro atoms. The smallest absolute Gasteiger partial charge is 0.269 e. The molecule has 2 aromatic heterocycles. The van der Waals surface area contributed by atoms with Crippen molar-refractivity contribution in [3.8, 4) is 11.3 Å². The molecule has 7 heteroatoms. The molecule has 1 aromatic carbocycles. The average Bonchev–Trinajstić information content (AvgIpc) is 3.30. The molecule has 30 heavy (non-hydrogen) atoms. The van der Waals surface area contributed by atoms with E-state index in [4.69, 9.17) is 0 Å². The van der Waals surface area contributed by atoms with Gasteiger partial charge in [-0.1, -0.05) is 36.4 Å². The summed E-state index contributed by atoms with van der Waals surface area (Å²) in [5, 5.41) is 19.3. The number of benzene rings is 1. The number of aromatic amines is 1. The fourth-order valence-electron chi connectivity index (χ4n) is 3.91. The SMILES string of the molecule is O=C(NCc1ccc(N2CCCCC2CCO)nc1)c1cc(-c2ccccc2)n[nH]1. The van der Waals surface area contributed by atoms with Crippen LogP contribution in [-0.4, -0.2) is 45.4 Å². The van der Waals surface area contributed by atoms with E-state index in [-0.39, 0.29) is 12.5 Å². The number of rotatable bonds is 7. The van der Waals surface area contributed by atoms with Gasteiger partial charge in [0.25, 0.3) is 5.91 Å². The summed E-state index contributed by atoms with van der Waals surface area (Å²) < 4.78 is 0. The van der Waals surface area contributed by atoms with Crippen molar-refractivity contribution in [2.45, 2.75) is 38.3 Å². The Labute approximate surface area is 176 Å². The number of hydrogen-bond acceptors (Lipinski definition) is 5. The zero-order valence-electron chi connectivity index (χ0n) is 16.9. The Balaban J connectivity index is 1.35. The van der Waals surface area contributed by atoms with Gasteiger partial charge in [-0.2, -0.15) is 5.10 Å². The highest BCUT2D eigenvalue weighted by Gasteiger charge is 2.23. The zero-order valence-corrected chi connectivity index (χ0v) is 16.9. The third kappa shape index (κ3) is 4.68. The minimum atomic E-state index is -0.201. The van der Waals surface area contributed by atoms with Gasteiger partial charge in [-0.05, 0) is 43.4 Å². The van der Waals surface area contributed by atoms with Crippen molar-refractivity contribution in [1.29, 1.82) is 0 Å². The molecule has 7 nitrogen and oxygen atoms in total. The molecule has 1 unspecified atom stereocenters. The van der Waals surface area contributed by atoms with Crippen LogP contribution in [0.15, 0.2) is 54.7 Å². The Morgan fingerprint density at radius 2 is 2.07 bits per heavy atom. The predicted octanol–water partition coefficient (Wildman–Crippen LogP) is 3.14. The number of aliphatic hydroxyl groups excluding tert-OH is 1. The summed E-state index contributed by atoms with van der Waals surface area (Å²) in [6.45, 7) is 1.56. The summed E-state index contributed by atoms with van der Waals surface area (Å²) >= 11 is 0. The Morgan fingerprint density at radius 3 is 2.83 bits per heavy atom. The highest BCUT2D eigenvalue weighted by atomic mass is 16.3. The summed E-state index contributed by atoms with van der Waals surface area (Å²) in [4.78, 5) is 19.3. The minimum absolute atomic E-state index is 0.199. The molecular weight excluding hydrogens is 378 g/mol. The third-order valence-electron chi connectivity index (χ3n) is 5.54. The third-order valence-corrected chi connectivity index (χ3v) is 5.54. The molecule has 1 aliphatic rings. The van der Waals surface area contributed by atoms with E-state index in [1.165, 1.54) is 6.42 Å². The quantitative estimate of drug-likeness (QED) is 0.561. The first-order chi connectivity index (χ1) is 14.7. The van der Waals surface area contributed by atoms with E-state index in [1.807, 2.05) is 48.7 Å². The van der Waals surface area contributed by atoms with Gasteiger partial charge in [-0.15, -0.1) is 0 Å². The van der Waals surface area contributed by atoms with Crippen LogP contribution < -0.4 is 10.2 Å². The van der Waals surface area contributed by atoms with Crippen LogP contribution in [0.1, 0.15) is 41.7 Å². The standard InChI is InChI=1S/C23H27N5O2/c29-13-11-19-8-4-5-12-28(19)22-10-9-17(15-24-22)16-25-23(30)21-14-20(26-27-21)18-6-2-1-3-7-18/h1-3,6-7,9-10,14-15,19,29H,4-5,8,11-13,16H2,(H,25,30)(H,26,27). The van der Waals surface area contributed by atoms with Crippen LogP contribution in [0.25, 0.3) is 11.3 Å². The Kier molecular flexibility index (Phi) is 6.39. The molecule has 0 saturated carbocycles. The molecule has 3 N–H and O–H groups in total. The van der Waals surface area contributed by atoms with Crippen molar-refractivity contribution < 1.29 is 9.90 Å². The highest BCUT2D eigenvalue weighted by molar-refractivity contribution is 5.93. The average molecular weight is 406 g/mol. The number of anilines is 1. The van der Waals surface area contributed by atoms with Crippen molar-refractivity contribution in [1.82, 2.24) is 20.5 Å².